The van der Waals surface area contributed by atoms with E-state index < -0.39 is 60.4 Å². The molecule has 212 valence electrons. The molecule has 3 rings (SSSR count). The molecule has 1 saturated heterocycles. The maximum Gasteiger partial charge on any atom is 0.466 e. The third-order valence-electron chi connectivity index (χ3n) is 3.81. The van der Waals surface area contributed by atoms with E-state index in [-0.39, 0.29) is 0 Å². The number of nitrogens with one attached hydrogen (secondary N) is 2. The van der Waals surface area contributed by atoms with Crippen LogP contribution in [-0.4, -0.2) is 107 Å². The SMILES string of the molecule is CNC1(N)NC=Nc2c1ncn2[C@@H]1O[C@H](CO)[C@@H](O)[C@H]1O.O=P(O)(O)O.O=P(O)(O)O.O=P(O)(O)O. The maximum atomic E-state index is 10.1. The molecule has 0 bridgehead atoms. The number of nitrogens with two attached hydrogens (primary N) is 1. The molecule has 25 heteroatoms. The standard InChI is InChI=1S/C11H18N6O4.3H3O4P/c1-13-11(12)8-9(14-3-16-11)17(4-15-8)10-7(20)6(19)5(2-18)21-10;3*1-5(2,3)4/h3-7,10,13,18-20H,2,12H2,1H3,(H,14,16);3*(H3,1,2,3,4)/t5-,6-,7-,10-,11?;;;/m1.../s1. The molecule has 2 aliphatic rings. The van der Waals surface area contributed by atoms with E-state index >= 15 is 0 Å². The molecular weight excluding hydrogens is 565 g/mol. The Labute approximate surface area is 201 Å². The van der Waals surface area contributed by atoms with Crippen LogP contribution in [0.15, 0.2) is 11.3 Å². The zero-order valence-corrected chi connectivity index (χ0v) is 20.6. The lowest BCUT2D eigenvalue weighted by Crippen LogP contribution is -2.60. The molecule has 5 atom stereocenters. The number of aliphatic imine (C=N–C) groups is 1. The number of ether oxygens (including phenoxy) is 1. The molecule has 1 aromatic rings. The number of hydrogen-bond acceptors (Lipinski definition) is 12. The Kier molecular flexibility index (Phi) is 13.1. The van der Waals surface area contributed by atoms with E-state index in [0.29, 0.717) is 11.5 Å². The number of nitrogens with zero attached hydrogens (tertiary/aromatic N) is 3. The predicted octanol–water partition coefficient (Wildman–Crippen LogP) is -5.74. The number of phosphoric acid groups is 3. The zero-order chi connectivity index (χ0) is 28.7. The molecule has 0 amide bonds. The molecule has 0 aliphatic carbocycles. The Morgan fingerprint density at radius 1 is 1.03 bits per heavy atom. The molecule has 2 aliphatic heterocycles. The topological polar surface area (TPSA) is 383 Å². The van der Waals surface area contributed by atoms with Gasteiger partial charge in [-0.05, 0) is 7.05 Å². The van der Waals surface area contributed by atoms with E-state index in [1.807, 2.05) is 0 Å². The van der Waals surface area contributed by atoms with Gasteiger partial charge < -0.3 is 69.4 Å². The molecule has 36 heavy (non-hydrogen) atoms. The van der Waals surface area contributed by atoms with E-state index in [2.05, 4.69) is 20.6 Å². The van der Waals surface area contributed by atoms with Gasteiger partial charge in [-0.15, -0.1) is 0 Å². The van der Waals surface area contributed by atoms with Crippen LogP contribution in [-0.2, 0) is 24.2 Å². The molecule has 0 aromatic carbocycles. The summed E-state index contributed by atoms with van der Waals surface area (Å²) in [6.07, 6.45) is -1.31. The summed E-state index contributed by atoms with van der Waals surface area (Å²) in [5.41, 5.74) is 6.55. The van der Waals surface area contributed by atoms with Crippen LogP contribution in [0.1, 0.15) is 11.9 Å². The van der Waals surface area contributed by atoms with Gasteiger partial charge in [0.05, 0.1) is 19.3 Å². The van der Waals surface area contributed by atoms with Crippen molar-refractivity contribution >= 4 is 35.6 Å². The second-order valence-electron chi connectivity index (χ2n) is 6.55. The molecule has 0 radical (unpaired) electrons. The van der Waals surface area contributed by atoms with Crippen molar-refractivity contribution in [2.24, 2.45) is 10.7 Å². The summed E-state index contributed by atoms with van der Waals surface area (Å²) in [4.78, 5) is 73.0. The fourth-order valence-corrected chi connectivity index (χ4v) is 2.51. The summed E-state index contributed by atoms with van der Waals surface area (Å²) >= 11 is 0. The Morgan fingerprint density at radius 2 is 1.47 bits per heavy atom. The van der Waals surface area contributed by atoms with Gasteiger partial charge in [0.1, 0.15) is 24.0 Å². The van der Waals surface area contributed by atoms with Crippen molar-refractivity contribution < 1.29 is 77.8 Å². The highest BCUT2D eigenvalue weighted by Gasteiger charge is 2.45. The second kappa shape index (κ2) is 13.5. The van der Waals surface area contributed by atoms with Crippen molar-refractivity contribution in [2.75, 3.05) is 13.7 Å². The lowest BCUT2D eigenvalue weighted by atomic mass is 10.1. The van der Waals surface area contributed by atoms with Gasteiger partial charge in [-0.25, -0.2) is 23.7 Å². The minimum atomic E-state index is -4.64. The van der Waals surface area contributed by atoms with E-state index in [1.165, 1.54) is 17.2 Å². The highest BCUT2D eigenvalue weighted by atomic mass is 31.2. The number of imidazole rings is 1. The summed E-state index contributed by atoms with van der Waals surface area (Å²) in [6, 6.07) is 0. The first-order valence-corrected chi connectivity index (χ1v) is 13.5. The van der Waals surface area contributed by atoms with Crippen LogP contribution in [0.3, 0.4) is 0 Å². The minimum Gasteiger partial charge on any atom is -0.394 e. The predicted molar refractivity (Wildman–Crippen MR) is 114 cm³/mol. The highest BCUT2D eigenvalue weighted by molar-refractivity contribution is 7.45. The Bertz CT molecular complexity index is 934. The van der Waals surface area contributed by atoms with Gasteiger partial charge in [-0.3, -0.25) is 15.6 Å². The first kappa shape index (κ1) is 34.8. The normalized spacial score (nSPS) is 27.3. The largest absolute Gasteiger partial charge is 0.466 e. The van der Waals surface area contributed by atoms with Crippen LogP contribution in [0.2, 0.25) is 0 Å². The smallest absolute Gasteiger partial charge is 0.394 e. The number of hydrogen-bond donors (Lipinski definition) is 15. The highest BCUT2D eigenvalue weighted by Crippen LogP contribution is 2.36. The quantitative estimate of drug-likeness (QED) is 0.115. The van der Waals surface area contributed by atoms with Crippen LogP contribution < -0.4 is 16.4 Å². The van der Waals surface area contributed by atoms with Crippen molar-refractivity contribution in [2.45, 2.75) is 30.3 Å². The van der Waals surface area contributed by atoms with Crippen molar-refractivity contribution in [3.63, 3.8) is 0 Å². The fraction of sp³-hybridized carbons (Fsp3) is 0.636. The maximum absolute atomic E-state index is 10.1. The lowest BCUT2D eigenvalue weighted by molar-refractivity contribution is -0.0520. The number of rotatable bonds is 3. The summed E-state index contributed by atoms with van der Waals surface area (Å²) in [6.45, 7) is -0.395. The summed E-state index contributed by atoms with van der Waals surface area (Å²) in [5, 5.41) is 34.8. The number of aliphatic hydroxyl groups is 3. The minimum absolute atomic E-state index is 0.395. The summed E-state index contributed by atoms with van der Waals surface area (Å²) in [5.74, 6) is -0.679. The van der Waals surface area contributed by atoms with Crippen LogP contribution >= 0.6 is 23.5 Å². The third-order valence-corrected chi connectivity index (χ3v) is 3.81. The van der Waals surface area contributed by atoms with Gasteiger partial charge in [0.2, 0.25) is 0 Å². The average molecular weight is 592 g/mol. The molecular formula is C11H27N6O16P3. The Morgan fingerprint density at radius 3 is 1.83 bits per heavy atom. The molecule has 0 spiro atoms. The first-order chi connectivity index (χ1) is 16.0. The Balaban J connectivity index is 0.000000672. The van der Waals surface area contributed by atoms with Gasteiger partial charge in [0, 0.05) is 0 Å². The van der Waals surface area contributed by atoms with Gasteiger partial charge >= 0.3 is 23.5 Å². The monoisotopic (exact) mass is 592 g/mol. The summed E-state index contributed by atoms with van der Waals surface area (Å²) < 4.78 is 33.6. The van der Waals surface area contributed by atoms with Crippen LogP contribution in [0.5, 0.6) is 0 Å². The van der Waals surface area contributed by atoms with Gasteiger partial charge in [-0.2, -0.15) is 0 Å². The van der Waals surface area contributed by atoms with Gasteiger partial charge in [0.25, 0.3) is 0 Å². The third kappa shape index (κ3) is 13.4. The van der Waals surface area contributed by atoms with E-state index in [0.717, 1.165) is 0 Å². The van der Waals surface area contributed by atoms with Crippen molar-refractivity contribution in [3.05, 3.63) is 12.0 Å². The van der Waals surface area contributed by atoms with Crippen LogP contribution in [0.4, 0.5) is 5.82 Å². The van der Waals surface area contributed by atoms with Crippen molar-refractivity contribution in [3.8, 4) is 0 Å². The number of aliphatic hydroxyl groups excluding tert-OH is 3. The second-order valence-corrected chi connectivity index (χ2v) is 9.63. The average Bonchev–Trinajstić information content (AvgIpc) is 3.20. The molecule has 22 nitrogen and oxygen atoms in total. The molecule has 1 aromatic heterocycles. The van der Waals surface area contributed by atoms with Gasteiger partial charge in [0.15, 0.2) is 17.8 Å². The van der Waals surface area contributed by atoms with E-state index in [1.54, 1.807) is 7.05 Å². The zero-order valence-electron chi connectivity index (χ0n) is 17.9. The lowest BCUT2D eigenvalue weighted by Gasteiger charge is -2.30. The van der Waals surface area contributed by atoms with E-state index in [9.17, 15) is 10.2 Å². The summed E-state index contributed by atoms with van der Waals surface area (Å²) in [7, 11) is -12.2. The number of aromatic nitrogens is 2. The van der Waals surface area contributed by atoms with E-state index in [4.69, 9.17) is 73.3 Å². The number of fused-ring (bicyclic) bond motifs is 1. The molecule has 1 fully saturated rings. The molecule has 16 N–H and O–H groups in total. The first-order valence-electron chi connectivity index (χ1n) is 8.84. The molecule has 0 saturated carbocycles. The Hall–Kier alpha value is -1.23. The molecule has 3 heterocycles. The molecule has 1 unspecified atom stereocenters. The van der Waals surface area contributed by atoms with Crippen molar-refractivity contribution in [1.29, 1.82) is 0 Å². The van der Waals surface area contributed by atoms with Crippen molar-refractivity contribution in [1.82, 2.24) is 20.2 Å². The van der Waals surface area contributed by atoms with Gasteiger partial charge in [-0.1, -0.05) is 0 Å². The fourth-order valence-electron chi connectivity index (χ4n) is 2.51. The van der Waals surface area contributed by atoms with Crippen LogP contribution in [0, 0.1) is 0 Å². The van der Waals surface area contributed by atoms with Crippen LogP contribution in [0.25, 0.3) is 0 Å².